The minimum absolute atomic E-state index is 0.284. The molecule has 0 saturated heterocycles. The van der Waals surface area contributed by atoms with E-state index >= 15 is 0 Å². The molecule has 0 aliphatic heterocycles. The summed E-state index contributed by atoms with van der Waals surface area (Å²) in [5, 5.41) is 11.9. The summed E-state index contributed by atoms with van der Waals surface area (Å²) < 4.78 is 5.24. The van der Waals surface area contributed by atoms with Crippen LogP contribution < -0.4 is 10.6 Å². The maximum Gasteiger partial charge on any atom is 0.226 e. The number of rotatable bonds is 9. The predicted octanol–water partition coefficient (Wildman–Crippen LogP) is 4.23. The molecular weight excluding hydrogens is 385 g/mol. The summed E-state index contributed by atoms with van der Waals surface area (Å²) in [6, 6.07) is 5.62. The minimum Gasteiger partial charge on any atom is -0.356 e. The Hall–Kier alpha value is -1.79. The van der Waals surface area contributed by atoms with Gasteiger partial charge in [0.05, 0.1) is 0 Å². The van der Waals surface area contributed by atoms with E-state index in [1.165, 1.54) is 0 Å². The molecule has 0 radical (unpaired) electrons. The lowest BCUT2D eigenvalue weighted by molar-refractivity contribution is 0.368. The molecule has 0 bridgehead atoms. The van der Waals surface area contributed by atoms with E-state index in [9.17, 15) is 0 Å². The molecule has 148 valence electrons. The molecule has 8 heteroatoms. The molecule has 0 aliphatic rings. The van der Waals surface area contributed by atoms with Crippen molar-refractivity contribution in [2.75, 3.05) is 20.1 Å². The van der Waals surface area contributed by atoms with Gasteiger partial charge >= 0.3 is 0 Å². The van der Waals surface area contributed by atoms with Crippen LogP contribution in [0.1, 0.15) is 49.9 Å². The monoisotopic (exact) mass is 411 g/mol. The van der Waals surface area contributed by atoms with Gasteiger partial charge in [-0.05, 0) is 37.0 Å². The van der Waals surface area contributed by atoms with E-state index in [0.29, 0.717) is 15.9 Å². The summed E-state index contributed by atoms with van der Waals surface area (Å²) in [7, 11) is 1.76. The zero-order valence-corrected chi connectivity index (χ0v) is 17.6. The van der Waals surface area contributed by atoms with Gasteiger partial charge in [-0.15, -0.1) is 0 Å². The van der Waals surface area contributed by atoms with Gasteiger partial charge in [-0.25, -0.2) is 0 Å². The summed E-state index contributed by atoms with van der Waals surface area (Å²) in [6.45, 7) is 5.68. The highest BCUT2D eigenvalue weighted by atomic mass is 35.5. The fourth-order valence-electron chi connectivity index (χ4n) is 2.48. The van der Waals surface area contributed by atoms with E-state index < -0.39 is 0 Å². The average molecular weight is 412 g/mol. The van der Waals surface area contributed by atoms with Crippen molar-refractivity contribution in [3.05, 3.63) is 45.5 Å². The molecule has 0 saturated carbocycles. The topological polar surface area (TPSA) is 75.3 Å². The third-order valence-corrected chi connectivity index (χ3v) is 4.60. The number of nitrogens with zero attached hydrogens (tertiary/aromatic N) is 3. The van der Waals surface area contributed by atoms with Gasteiger partial charge in [-0.2, -0.15) is 4.98 Å². The Balaban J connectivity index is 1.62. The summed E-state index contributed by atoms with van der Waals surface area (Å²) in [6.07, 6.45) is 3.47. The second kappa shape index (κ2) is 11.1. The first-order chi connectivity index (χ1) is 13.0. The van der Waals surface area contributed by atoms with Crippen molar-refractivity contribution in [1.82, 2.24) is 20.8 Å². The van der Waals surface area contributed by atoms with Crippen LogP contribution in [0, 0.1) is 0 Å². The van der Waals surface area contributed by atoms with E-state index in [2.05, 4.69) is 25.8 Å². The highest BCUT2D eigenvalue weighted by molar-refractivity contribution is 6.35. The average Bonchev–Trinajstić information content (AvgIpc) is 3.11. The van der Waals surface area contributed by atoms with Crippen LogP contribution in [0.15, 0.2) is 27.7 Å². The summed E-state index contributed by atoms with van der Waals surface area (Å²) >= 11 is 12.1. The molecule has 1 aromatic carbocycles. The Labute approximate surface area is 170 Å². The van der Waals surface area contributed by atoms with Crippen molar-refractivity contribution in [2.45, 2.75) is 45.4 Å². The first-order valence-corrected chi connectivity index (χ1v) is 9.96. The molecule has 6 nitrogen and oxygen atoms in total. The second-order valence-electron chi connectivity index (χ2n) is 6.57. The largest absolute Gasteiger partial charge is 0.356 e. The van der Waals surface area contributed by atoms with Crippen molar-refractivity contribution < 1.29 is 4.52 Å². The first kappa shape index (κ1) is 21.5. The molecule has 0 fully saturated rings. The van der Waals surface area contributed by atoms with Crippen molar-refractivity contribution >= 4 is 29.2 Å². The number of guanidine groups is 1. The maximum atomic E-state index is 6.19. The molecule has 1 aromatic heterocycles. The van der Waals surface area contributed by atoms with Gasteiger partial charge < -0.3 is 15.2 Å². The Morgan fingerprint density at radius 3 is 2.44 bits per heavy atom. The number of halogens is 2. The molecule has 0 aliphatic carbocycles. The van der Waals surface area contributed by atoms with Gasteiger partial charge in [-0.3, -0.25) is 4.99 Å². The van der Waals surface area contributed by atoms with E-state index in [4.69, 9.17) is 27.7 Å². The molecule has 0 amide bonds. The highest BCUT2D eigenvalue weighted by Crippen LogP contribution is 2.21. The number of benzene rings is 1. The smallest absolute Gasteiger partial charge is 0.226 e. The lowest BCUT2D eigenvalue weighted by Crippen LogP contribution is -2.38. The molecule has 2 rings (SSSR count). The summed E-state index contributed by atoms with van der Waals surface area (Å²) in [5.74, 6) is 2.51. The molecular formula is C19H27Cl2N5O. The van der Waals surface area contributed by atoms with Crippen LogP contribution in [0.4, 0.5) is 0 Å². The van der Waals surface area contributed by atoms with Gasteiger partial charge in [0, 0.05) is 42.5 Å². The number of aryl methyl sites for hydroxylation is 2. The standard InChI is InChI=1S/C19H27Cl2N5O/c1-13(2)18-25-17(27-26-18)7-5-11-24-19(22-3)23-10-4-6-14-8-9-15(20)12-16(14)21/h8-9,12-13H,4-7,10-11H2,1-3H3,(H2,22,23,24). The molecule has 2 aromatic rings. The normalized spacial score (nSPS) is 11.9. The second-order valence-corrected chi connectivity index (χ2v) is 7.41. The minimum atomic E-state index is 0.284. The molecule has 0 unspecified atom stereocenters. The quantitative estimate of drug-likeness (QED) is 0.366. The van der Waals surface area contributed by atoms with Crippen LogP contribution in [-0.2, 0) is 12.8 Å². The number of nitrogens with one attached hydrogen (secondary N) is 2. The third-order valence-electron chi connectivity index (χ3n) is 4.01. The van der Waals surface area contributed by atoms with E-state index in [1.807, 2.05) is 26.0 Å². The molecule has 2 N–H and O–H groups in total. The Kier molecular flexibility index (Phi) is 8.88. The number of aliphatic imine (C=N–C) groups is 1. The van der Waals surface area contributed by atoms with E-state index in [0.717, 1.165) is 56.1 Å². The van der Waals surface area contributed by atoms with Crippen molar-refractivity contribution in [1.29, 1.82) is 0 Å². The summed E-state index contributed by atoms with van der Waals surface area (Å²) in [5.41, 5.74) is 1.10. The van der Waals surface area contributed by atoms with Gasteiger partial charge in [0.25, 0.3) is 0 Å². The van der Waals surface area contributed by atoms with Gasteiger partial charge in [0.2, 0.25) is 5.89 Å². The van der Waals surface area contributed by atoms with Gasteiger partial charge in [-0.1, -0.05) is 48.3 Å². The van der Waals surface area contributed by atoms with Crippen LogP contribution in [0.2, 0.25) is 10.0 Å². The zero-order valence-electron chi connectivity index (χ0n) is 16.1. The maximum absolute atomic E-state index is 6.19. The molecule has 1 heterocycles. The number of hydrogen-bond acceptors (Lipinski definition) is 4. The van der Waals surface area contributed by atoms with Crippen molar-refractivity contribution in [3.8, 4) is 0 Å². The SMILES string of the molecule is CN=C(NCCCc1nc(C(C)C)no1)NCCCc1ccc(Cl)cc1Cl. The van der Waals surface area contributed by atoms with Crippen LogP contribution in [-0.4, -0.2) is 36.2 Å². The van der Waals surface area contributed by atoms with Gasteiger partial charge in [0.15, 0.2) is 11.8 Å². The van der Waals surface area contributed by atoms with Crippen molar-refractivity contribution in [2.24, 2.45) is 4.99 Å². The third kappa shape index (κ3) is 7.39. The van der Waals surface area contributed by atoms with Crippen LogP contribution >= 0.6 is 23.2 Å². The molecule has 0 spiro atoms. The van der Waals surface area contributed by atoms with Crippen LogP contribution in [0.5, 0.6) is 0 Å². The predicted molar refractivity (Wildman–Crippen MR) is 111 cm³/mol. The van der Waals surface area contributed by atoms with E-state index in [1.54, 1.807) is 13.1 Å². The highest BCUT2D eigenvalue weighted by Gasteiger charge is 2.09. The molecule has 27 heavy (non-hydrogen) atoms. The lowest BCUT2D eigenvalue weighted by Gasteiger charge is -2.11. The van der Waals surface area contributed by atoms with Gasteiger partial charge in [0.1, 0.15) is 0 Å². The summed E-state index contributed by atoms with van der Waals surface area (Å²) in [4.78, 5) is 8.61. The van der Waals surface area contributed by atoms with Crippen molar-refractivity contribution in [3.63, 3.8) is 0 Å². The lowest BCUT2D eigenvalue weighted by atomic mass is 10.1. The van der Waals surface area contributed by atoms with Crippen LogP contribution in [0.3, 0.4) is 0 Å². The van der Waals surface area contributed by atoms with E-state index in [-0.39, 0.29) is 5.92 Å². The first-order valence-electron chi connectivity index (χ1n) is 9.20. The Bertz CT molecular complexity index is 745. The fraction of sp³-hybridized carbons (Fsp3) is 0.526. The van der Waals surface area contributed by atoms with Crippen LogP contribution in [0.25, 0.3) is 0 Å². The number of aromatic nitrogens is 2. The molecule has 0 atom stereocenters. The Morgan fingerprint density at radius 2 is 1.85 bits per heavy atom. The number of hydrogen-bond donors (Lipinski definition) is 2. The zero-order chi connectivity index (χ0) is 19.6. The Morgan fingerprint density at radius 1 is 1.15 bits per heavy atom. The fourth-order valence-corrected chi connectivity index (χ4v) is 2.98.